The Kier molecular flexibility index (Phi) is 6.49. The predicted molar refractivity (Wildman–Crippen MR) is 113 cm³/mol. The van der Waals surface area contributed by atoms with Crippen molar-refractivity contribution in [1.82, 2.24) is 9.88 Å². The van der Waals surface area contributed by atoms with Crippen LogP contribution in [0.25, 0.3) is 0 Å². The van der Waals surface area contributed by atoms with E-state index in [4.69, 9.17) is 0 Å². The minimum atomic E-state index is -0.934. The van der Waals surface area contributed by atoms with Gasteiger partial charge in [0.2, 0.25) is 0 Å². The highest BCUT2D eigenvalue weighted by Gasteiger charge is 2.22. The highest BCUT2D eigenvalue weighted by molar-refractivity contribution is 5.91. The molecule has 29 heavy (non-hydrogen) atoms. The lowest BCUT2D eigenvalue weighted by Crippen LogP contribution is -2.21. The number of benzene rings is 2. The Bertz CT molecular complexity index is 996. The Hall–Kier alpha value is -2.92. The molecule has 1 heterocycles. The third-order valence-electron chi connectivity index (χ3n) is 5.47. The van der Waals surface area contributed by atoms with Crippen molar-refractivity contribution in [2.75, 3.05) is 6.54 Å². The fourth-order valence-electron chi connectivity index (χ4n) is 3.82. The molecule has 0 radical (unpaired) electrons. The van der Waals surface area contributed by atoms with Crippen molar-refractivity contribution in [2.24, 2.45) is 0 Å². The maximum atomic E-state index is 13.6. The lowest BCUT2D eigenvalue weighted by atomic mass is 10.0. The number of nitrogens with one attached hydrogen (secondary N) is 1. The third-order valence-corrected chi connectivity index (χ3v) is 5.47. The topological polar surface area (TPSA) is 54.3 Å². The van der Waals surface area contributed by atoms with Crippen LogP contribution in [-0.2, 0) is 13.1 Å². The lowest BCUT2D eigenvalue weighted by molar-refractivity contribution is 0.0694. The lowest BCUT2D eigenvalue weighted by Gasteiger charge is -2.14. The van der Waals surface area contributed by atoms with Crippen molar-refractivity contribution in [3.05, 3.63) is 94.1 Å². The van der Waals surface area contributed by atoms with Gasteiger partial charge in [-0.2, -0.15) is 0 Å². The molecular formula is C24H27FN2O2. The van der Waals surface area contributed by atoms with Gasteiger partial charge in [0.1, 0.15) is 5.82 Å². The molecule has 0 aliphatic rings. The van der Waals surface area contributed by atoms with Crippen LogP contribution in [-0.4, -0.2) is 22.2 Å². The fraction of sp³-hybridized carbons (Fsp3) is 0.292. The first-order chi connectivity index (χ1) is 13.9. The molecule has 4 nitrogen and oxygen atoms in total. The molecular weight excluding hydrogens is 367 g/mol. The molecule has 0 amide bonds. The minimum Gasteiger partial charge on any atom is -0.478 e. The van der Waals surface area contributed by atoms with Crippen LogP contribution in [0.3, 0.4) is 0 Å². The Balaban J connectivity index is 1.79. The summed E-state index contributed by atoms with van der Waals surface area (Å²) in [5.41, 5.74) is 4.75. The molecule has 0 saturated carbocycles. The molecule has 0 aliphatic heterocycles. The number of carbonyl (C=O) groups is 1. The van der Waals surface area contributed by atoms with Crippen LogP contribution < -0.4 is 5.32 Å². The summed E-state index contributed by atoms with van der Waals surface area (Å²) in [7, 11) is 0. The van der Waals surface area contributed by atoms with E-state index in [-0.39, 0.29) is 5.82 Å². The van der Waals surface area contributed by atoms with Crippen molar-refractivity contribution in [3.8, 4) is 0 Å². The molecule has 152 valence electrons. The zero-order valence-electron chi connectivity index (χ0n) is 17.1. The molecule has 0 spiro atoms. The van der Waals surface area contributed by atoms with Crippen LogP contribution in [0, 0.1) is 19.7 Å². The number of aromatic carboxylic acids is 1. The molecule has 1 atom stereocenters. The quantitative estimate of drug-likeness (QED) is 0.572. The second-order valence-electron chi connectivity index (χ2n) is 7.49. The summed E-state index contributed by atoms with van der Waals surface area (Å²) in [5.74, 6) is -0.906. The van der Waals surface area contributed by atoms with Crippen LogP contribution in [0.15, 0.2) is 54.6 Å². The van der Waals surface area contributed by atoms with Gasteiger partial charge in [0.25, 0.3) is 0 Å². The summed E-state index contributed by atoms with van der Waals surface area (Å²) in [5, 5.41) is 13.2. The van der Waals surface area contributed by atoms with Gasteiger partial charge in [-0.15, -0.1) is 0 Å². The number of aromatic nitrogens is 1. The van der Waals surface area contributed by atoms with E-state index in [0.29, 0.717) is 30.3 Å². The van der Waals surface area contributed by atoms with Crippen molar-refractivity contribution in [1.29, 1.82) is 0 Å². The number of hydrogen-bond donors (Lipinski definition) is 2. The number of hydrogen-bond acceptors (Lipinski definition) is 2. The average Bonchev–Trinajstić information content (AvgIpc) is 2.93. The number of carboxylic acid groups (broad SMARTS) is 1. The summed E-state index contributed by atoms with van der Waals surface area (Å²) >= 11 is 0. The number of rotatable bonds is 8. The van der Waals surface area contributed by atoms with E-state index in [1.165, 1.54) is 17.7 Å². The van der Waals surface area contributed by atoms with E-state index in [1.807, 2.05) is 42.7 Å². The van der Waals surface area contributed by atoms with Crippen molar-refractivity contribution < 1.29 is 14.3 Å². The van der Waals surface area contributed by atoms with E-state index in [1.54, 1.807) is 6.07 Å². The zero-order valence-corrected chi connectivity index (χ0v) is 17.1. The first-order valence-electron chi connectivity index (χ1n) is 9.80. The fourth-order valence-corrected chi connectivity index (χ4v) is 3.82. The molecule has 3 rings (SSSR count). The van der Waals surface area contributed by atoms with E-state index < -0.39 is 5.97 Å². The Labute approximate surface area is 171 Å². The highest BCUT2D eigenvalue weighted by Crippen LogP contribution is 2.24. The van der Waals surface area contributed by atoms with Crippen molar-refractivity contribution >= 4 is 5.97 Å². The standard InChI is InChI=1S/C24H27FN2O2/c1-16(20-9-5-4-6-10-20)13-26-14-22-17(2)27(18(3)23(22)24(28)29)15-19-8-7-11-21(25)12-19/h4-12,16,26H,13-15H2,1-3H3,(H,28,29). The third kappa shape index (κ3) is 4.74. The van der Waals surface area contributed by atoms with Gasteiger partial charge in [-0.1, -0.05) is 49.4 Å². The summed E-state index contributed by atoms with van der Waals surface area (Å²) in [6.07, 6.45) is 0. The maximum absolute atomic E-state index is 13.6. The van der Waals surface area contributed by atoms with E-state index >= 15 is 0 Å². The van der Waals surface area contributed by atoms with Gasteiger partial charge in [-0.25, -0.2) is 9.18 Å². The van der Waals surface area contributed by atoms with E-state index in [0.717, 1.165) is 23.4 Å². The molecule has 2 aromatic carbocycles. The molecule has 0 bridgehead atoms. The van der Waals surface area contributed by atoms with Crippen molar-refractivity contribution in [2.45, 2.75) is 39.8 Å². The van der Waals surface area contributed by atoms with Gasteiger partial charge in [0.05, 0.1) is 5.56 Å². The Morgan fingerprint density at radius 1 is 1.10 bits per heavy atom. The normalized spacial score (nSPS) is 12.1. The molecule has 0 saturated heterocycles. The summed E-state index contributed by atoms with van der Waals surface area (Å²) in [6, 6.07) is 16.6. The Morgan fingerprint density at radius 3 is 2.48 bits per heavy atom. The largest absolute Gasteiger partial charge is 0.478 e. The van der Waals surface area contributed by atoms with Crippen LogP contribution >= 0.6 is 0 Å². The first kappa shape index (κ1) is 20.8. The summed E-state index contributed by atoms with van der Waals surface area (Å²) in [6.45, 7) is 7.55. The number of halogens is 1. The first-order valence-corrected chi connectivity index (χ1v) is 9.80. The highest BCUT2D eigenvalue weighted by atomic mass is 19.1. The summed E-state index contributed by atoms with van der Waals surface area (Å²) < 4.78 is 15.5. The van der Waals surface area contributed by atoms with Gasteiger partial charge >= 0.3 is 5.97 Å². The second kappa shape index (κ2) is 9.05. The molecule has 5 heteroatoms. The maximum Gasteiger partial charge on any atom is 0.337 e. The van der Waals surface area contributed by atoms with Gasteiger partial charge in [-0.3, -0.25) is 0 Å². The van der Waals surface area contributed by atoms with Crippen LogP contribution in [0.4, 0.5) is 4.39 Å². The van der Waals surface area contributed by atoms with Gasteiger partial charge < -0.3 is 15.0 Å². The van der Waals surface area contributed by atoms with Crippen LogP contribution in [0.1, 0.15) is 51.3 Å². The summed E-state index contributed by atoms with van der Waals surface area (Å²) in [4.78, 5) is 11.9. The zero-order chi connectivity index (χ0) is 21.0. The molecule has 1 aromatic heterocycles. The molecule has 1 unspecified atom stereocenters. The molecule has 0 fully saturated rings. The Morgan fingerprint density at radius 2 is 1.83 bits per heavy atom. The molecule has 0 aliphatic carbocycles. The predicted octanol–water partition coefficient (Wildman–Crippen LogP) is 4.88. The average molecular weight is 394 g/mol. The van der Waals surface area contributed by atoms with Crippen LogP contribution in [0.5, 0.6) is 0 Å². The van der Waals surface area contributed by atoms with Gasteiger partial charge in [0, 0.05) is 36.6 Å². The minimum absolute atomic E-state index is 0.291. The van der Waals surface area contributed by atoms with Gasteiger partial charge in [-0.05, 0) is 43.0 Å². The van der Waals surface area contributed by atoms with E-state index in [9.17, 15) is 14.3 Å². The monoisotopic (exact) mass is 394 g/mol. The van der Waals surface area contributed by atoms with Crippen LogP contribution in [0.2, 0.25) is 0 Å². The van der Waals surface area contributed by atoms with E-state index in [2.05, 4.69) is 24.4 Å². The van der Waals surface area contributed by atoms with Gasteiger partial charge in [0.15, 0.2) is 0 Å². The van der Waals surface area contributed by atoms with Crippen molar-refractivity contribution in [3.63, 3.8) is 0 Å². The molecule has 3 aromatic rings. The number of carboxylic acids is 1. The number of nitrogens with zero attached hydrogens (tertiary/aromatic N) is 1. The smallest absolute Gasteiger partial charge is 0.337 e. The SMILES string of the molecule is Cc1c(CNCC(C)c2ccccc2)c(C(=O)O)c(C)n1Cc1cccc(F)c1. The molecule has 2 N–H and O–H groups in total. The second-order valence-corrected chi connectivity index (χ2v) is 7.49.